The second kappa shape index (κ2) is 21.6. The standard InChI is InChI=1S/C32H46ClN3O5.C2H6O.C2H4/c1-6-22(19-33)9-7-10-23-20-34-31(38)28(30(23)41-5)18-29(37)35-26-15-16-32(39,25(17-26)21-36(2)3)24-11-8-12-27(40-4)14-13-24;1-3-2;1-2/h8-13,25-26,39H,6-7,14-21H2,1-5H3,(H,34,38)(H,35,37);1-2H3;1-2H2/b22-9+,23-10+;;. The second-order valence-corrected chi connectivity index (χ2v) is 11.8. The van der Waals surface area contributed by atoms with Crippen molar-refractivity contribution >= 4 is 23.4 Å². The molecule has 1 saturated carbocycles. The predicted octanol–water partition coefficient (Wildman–Crippen LogP) is 5.36. The molecule has 0 radical (unpaired) electrons. The first kappa shape index (κ1) is 40.9. The van der Waals surface area contributed by atoms with Gasteiger partial charge in [0.2, 0.25) is 5.91 Å². The van der Waals surface area contributed by atoms with E-state index in [-0.39, 0.29) is 30.2 Å². The fourth-order valence-electron chi connectivity index (χ4n) is 5.85. The minimum Gasteiger partial charge on any atom is -0.501 e. The van der Waals surface area contributed by atoms with Crippen molar-refractivity contribution in [1.82, 2.24) is 15.5 Å². The van der Waals surface area contributed by atoms with Crippen LogP contribution in [0.15, 0.2) is 83.4 Å². The number of nitrogens with one attached hydrogen (secondary N) is 2. The van der Waals surface area contributed by atoms with Crippen LogP contribution in [0.1, 0.15) is 51.9 Å². The highest BCUT2D eigenvalue weighted by atomic mass is 35.5. The molecule has 2 aliphatic carbocycles. The Morgan fingerprint density at radius 3 is 2.52 bits per heavy atom. The van der Waals surface area contributed by atoms with E-state index >= 15 is 0 Å². The van der Waals surface area contributed by atoms with Crippen molar-refractivity contribution in [2.24, 2.45) is 5.92 Å². The molecule has 1 heterocycles. The zero-order valence-corrected chi connectivity index (χ0v) is 29.7. The lowest BCUT2D eigenvalue weighted by molar-refractivity contribution is -0.124. The van der Waals surface area contributed by atoms with E-state index in [2.05, 4.69) is 46.4 Å². The summed E-state index contributed by atoms with van der Waals surface area (Å²) in [6, 6.07) is -0.114. The van der Waals surface area contributed by atoms with Crippen molar-refractivity contribution in [3.63, 3.8) is 0 Å². The predicted molar refractivity (Wildman–Crippen MR) is 187 cm³/mol. The van der Waals surface area contributed by atoms with Gasteiger partial charge in [0.1, 0.15) is 5.76 Å². The van der Waals surface area contributed by atoms with Crippen molar-refractivity contribution in [1.29, 1.82) is 0 Å². The summed E-state index contributed by atoms with van der Waals surface area (Å²) in [5, 5.41) is 18.0. The monoisotopic (exact) mass is 661 g/mol. The summed E-state index contributed by atoms with van der Waals surface area (Å²) in [4.78, 5) is 28.1. The van der Waals surface area contributed by atoms with Crippen molar-refractivity contribution in [2.45, 2.75) is 63.5 Å². The molecule has 46 heavy (non-hydrogen) atoms. The molecule has 3 N–H and O–H groups in total. The van der Waals surface area contributed by atoms with E-state index in [1.807, 2.05) is 44.5 Å². The summed E-state index contributed by atoms with van der Waals surface area (Å²) in [7, 11) is 10.4. The summed E-state index contributed by atoms with van der Waals surface area (Å²) in [6.07, 6.45) is 15.8. The fourth-order valence-corrected chi connectivity index (χ4v) is 6.15. The van der Waals surface area contributed by atoms with Crippen LogP contribution in [0.2, 0.25) is 0 Å². The first-order valence-corrected chi connectivity index (χ1v) is 16.3. The molecular formula is C36H56ClN3O6. The Hall–Kier alpha value is -3.11. The number of carbonyl (C=O) groups is 2. The quantitative estimate of drug-likeness (QED) is 0.191. The van der Waals surface area contributed by atoms with Gasteiger partial charge in [0.05, 0.1) is 37.6 Å². The zero-order chi connectivity index (χ0) is 34.7. The van der Waals surface area contributed by atoms with Crippen molar-refractivity contribution in [2.75, 3.05) is 61.5 Å². The molecule has 0 aromatic rings. The van der Waals surface area contributed by atoms with Gasteiger partial charge in [-0.25, -0.2) is 0 Å². The molecule has 3 unspecified atom stereocenters. The van der Waals surface area contributed by atoms with Gasteiger partial charge in [0, 0.05) is 57.1 Å². The van der Waals surface area contributed by atoms with Crippen LogP contribution in [0.5, 0.6) is 0 Å². The number of nitrogens with zero attached hydrogens (tertiary/aromatic N) is 1. The molecule has 3 rings (SSSR count). The second-order valence-electron chi connectivity index (χ2n) is 11.6. The number of amides is 2. The topological polar surface area (TPSA) is 109 Å². The lowest BCUT2D eigenvalue weighted by Gasteiger charge is -2.45. The van der Waals surface area contributed by atoms with Crippen LogP contribution < -0.4 is 10.6 Å². The van der Waals surface area contributed by atoms with Gasteiger partial charge < -0.3 is 34.9 Å². The third-order valence-electron chi connectivity index (χ3n) is 8.13. The Kier molecular flexibility index (Phi) is 19.2. The van der Waals surface area contributed by atoms with E-state index in [1.165, 1.54) is 7.11 Å². The van der Waals surface area contributed by atoms with Crippen molar-refractivity contribution in [3.8, 4) is 0 Å². The molecule has 0 aromatic heterocycles. The number of allylic oxidation sites excluding steroid dienone is 6. The van der Waals surface area contributed by atoms with Gasteiger partial charge in [-0.15, -0.1) is 24.8 Å². The van der Waals surface area contributed by atoms with Crippen LogP contribution in [0.25, 0.3) is 0 Å². The third kappa shape index (κ3) is 12.2. The average molecular weight is 662 g/mol. The van der Waals surface area contributed by atoms with Gasteiger partial charge in [-0.1, -0.05) is 42.9 Å². The normalized spacial score (nSPS) is 24.0. The van der Waals surface area contributed by atoms with Crippen LogP contribution in [0.3, 0.4) is 0 Å². The number of hydrogen-bond acceptors (Lipinski definition) is 7. The Morgan fingerprint density at radius 1 is 1.24 bits per heavy atom. The number of alkyl halides is 1. The number of halogens is 1. The van der Waals surface area contributed by atoms with Crippen LogP contribution in [-0.2, 0) is 23.8 Å². The minimum absolute atomic E-state index is 0.0808. The average Bonchev–Trinajstić information content (AvgIpc) is 3.30. The summed E-state index contributed by atoms with van der Waals surface area (Å²) < 4.78 is 15.3. The molecular weight excluding hydrogens is 606 g/mol. The first-order valence-electron chi connectivity index (χ1n) is 15.7. The molecule has 0 bridgehead atoms. The molecule has 0 saturated heterocycles. The van der Waals surface area contributed by atoms with E-state index in [4.69, 9.17) is 21.1 Å². The van der Waals surface area contributed by atoms with E-state index in [0.29, 0.717) is 62.4 Å². The molecule has 3 aliphatic rings. The first-order chi connectivity index (χ1) is 22.1. The Bertz CT molecular complexity index is 1180. The smallest absolute Gasteiger partial charge is 0.251 e. The van der Waals surface area contributed by atoms with Gasteiger partial charge in [0.25, 0.3) is 5.91 Å². The number of aliphatic hydroxyl groups is 1. The number of rotatable bonds is 12. The maximum atomic E-state index is 13.2. The van der Waals surface area contributed by atoms with E-state index in [1.54, 1.807) is 21.3 Å². The Morgan fingerprint density at radius 2 is 1.93 bits per heavy atom. The molecule has 1 fully saturated rings. The zero-order valence-electron chi connectivity index (χ0n) is 28.9. The molecule has 0 aromatic carbocycles. The van der Waals surface area contributed by atoms with Crippen molar-refractivity contribution in [3.05, 3.63) is 83.4 Å². The SMILES string of the molecule is C=C.CC/C(=C\C/C=C1\CNC(=O)C(CC(=O)NC2CCC(O)(C3=CCC(OC)=CC=C3)C(CN(C)C)C2)=C1OC)CCl.COC. The maximum absolute atomic E-state index is 13.2. The summed E-state index contributed by atoms with van der Waals surface area (Å²) in [5.41, 5.74) is 2.20. The van der Waals surface area contributed by atoms with Crippen LogP contribution >= 0.6 is 11.6 Å². The lowest BCUT2D eigenvalue weighted by Crippen LogP contribution is -2.53. The van der Waals surface area contributed by atoms with Crippen LogP contribution in [-0.4, -0.2) is 95.0 Å². The largest absolute Gasteiger partial charge is 0.501 e. The van der Waals surface area contributed by atoms with E-state index in [0.717, 1.165) is 28.9 Å². The van der Waals surface area contributed by atoms with Crippen LogP contribution in [0, 0.1) is 5.92 Å². The number of ether oxygens (including phenoxy) is 3. The highest BCUT2D eigenvalue weighted by Crippen LogP contribution is 2.41. The summed E-state index contributed by atoms with van der Waals surface area (Å²) in [5.74, 6) is 1.18. The van der Waals surface area contributed by atoms with Gasteiger partial charge in [-0.3, -0.25) is 9.59 Å². The molecule has 258 valence electrons. The van der Waals surface area contributed by atoms with Gasteiger partial charge in [0.15, 0.2) is 0 Å². The van der Waals surface area contributed by atoms with Gasteiger partial charge in [-0.2, -0.15) is 0 Å². The molecule has 0 spiro atoms. The number of methoxy groups -OCH3 is 3. The van der Waals surface area contributed by atoms with Crippen molar-refractivity contribution < 1.29 is 28.9 Å². The van der Waals surface area contributed by atoms with Gasteiger partial charge >= 0.3 is 0 Å². The summed E-state index contributed by atoms with van der Waals surface area (Å²) >= 11 is 5.98. The lowest BCUT2D eigenvalue weighted by atomic mass is 9.69. The highest BCUT2D eigenvalue weighted by molar-refractivity contribution is 6.19. The van der Waals surface area contributed by atoms with E-state index in [9.17, 15) is 14.7 Å². The molecule has 10 heteroatoms. The Balaban J connectivity index is 0.00000199. The molecule has 2 amide bonds. The Labute approximate surface area is 281 Å². The fraction of sp³-hybridized carbons (Fsp3) is 0.556. The highest BCUT2D eigenvalue weighted by Gasteiger charge is 2.44. The number of hydrogen-bond donors (Lipinski definition) is 3. The summed E-state index contributed by atoms with van der Waals surface area (Å²) in [6.45, 7) is 9.09. The number of carbonyl (C=O) groups excluding carboxylic acids is 2. The molecule has 3 atom stereocenters. The molecule has 1 aliphatic heterocycles. The minimum atomic E-state index is -1.01. The molecule has 9 nitrogen and oxygen atoms in total. The maximum Gasteiger partial charge on any atom is 0.251 e. The van der Waals surface area contributed by atoms with E-state index < -0.39 is 5.60 Å². The van der Waals surface area contributed by atoms with Crippen LogP contribution in [0.4, 0.5) is 0 Å². The third-order valence-corrected chi connectivity index (χ3v) is 8.47. The van der Waals surface area contributed by atoms with Gasteiger partial charge in [-0.05, 0) is 57.8 Å².